The highest BCUT2D eigenvalue weighted by molar-refractivity contribution is 5.94. The quantitative estimate of drug-likeness (QED) is 0.597. The highest BCUT2D eigenvalue weighted by atomic mass is 19.1. The summed E-state index contributed by atoms with van der Waals surface area (Å²) in [6.07, 6.45) is 2.86. The Kier molecular flexibility index (Phi) is 8.63. The van der Waals surface area contributed by atoms with E-state index in [0.29, 0.717) is 12.8 Å². The zero-order chi connectivity index (χ0) is 22.9. The minimum atomic E-state index is -1.44. The van der Waals surface area contributed by atoms with E-state index in [1.54, 1.807) is 0 Å². The summed E-state index contributed by atoms with van der Waals surface area (Å²) in [5.41, 5.74) is -0.282. The van der Waals surface area contributed by atoms with E-state index in [2.05, 4.69) is 4.98 Å². The SMILES string of the molecule is O=C(c1cncc(F)c1)N1CC[C@@H](O)[C@](CCCc2ccccc2)(C(=O)O)C1.O=CO. The third-order valence-electron chi connectivity index (χ3n) is 5.38. The Morgan fingerprint density at radius 1 is 1.26 bits per heavy atom. The second-order valence-electron chi connectivity index (χ2n) is 7.33. The van der Waals surface area contributed by atoms with Gasteiger partial charge in [-0.15, -0.1) is 0 Å². The maximum absolute atomic E-state index is 13.4. The number of pyridine rings is 1. The lowest BCUT2D eigenvalue weighted by Crippen LogP contribution is -2.57. The molecule has 9 heteroatoms. The Hall–Kier alpha value is -3.33. The number of hydrogen-bond acceptors (Lipinski definition) is 5. The van der Waals surface area contributed by atoms with Crippen molar-refractivity contribution >= 4 is 18.3 Å². The third kappa shape index (κ3) is 6.08. The molecule has 2 aromatic rings. The first-order chi connectivity index (χ1) is 14.8. The lowest BCUT2D eigenvalue weighted by atomic mass is 9.73. The standard InChI is InChI=1S/C21H23FN2O4.CH2O2/c22-17-11-16(12-23-13-17)19(26)24-10-8-18(25)21(14-24,20(27)28)9-4-7-15-5-2-1-3-6-15;2-1-3/h1-3,5-6,11-13,18,25H,4,7-10,14H2,(H,27,28);1H,(H,2,3)/t18-,21-;/m1./s1. The number of amides is 1. The molecule has 166 valence electrons. The Balaban J connectivity index is 0.00000107. The summed E-state index contributed by atoms with van der Waals surface area (Å²) in [4.78, 5) is 38.2. The van der Waals surface area contributed by atoms with Crippen LogP contribution in [0.5, 0.6) is 0 Å². The van der Waals surface area contributed by atoms with E-state index in [0.717, 1.165) is 17.8 Å². The molecule has 1 fully saturated rings. The number of likely N-dealkylation sites (tertiary alicyclic amines) is 1. The minimum absolute atomic E-state index is 0.0694. The minimum Gasteiger partial charge on any atom is -0.483 e. The number of hydrogen-bond donors (Lipinski definition) is 3. The predicted molar refractivity (Wildman–Crippen MR) is 109 cm³/mol. The molecule has 0 unspecified atom stereocenters. The zero-order valence-electron chi connectivity index (χ0n) is 16.9. The number of aromatic nitrogens is 1. The lowest BCUT2D eigenvalue weighted by Gasteiger charge is -2.43. The van der Waals surface area contributed by atoms with Crippen molar-refractivity contribution in [3.8, 4) is 0 Å². The highest BCUT2D eigenvalue weighted by Gasteiger charge is 2.49. The van der Waals surface area contributed by atoms with Gasteiger partial charge in [-0.05, 0) is 37.3 Å². The number of aliphatic carboxylic acids is 1. The van der Waals surface area contributed by atoms with Gasteiger partial charge in [0.2, 0.25) is 0 Å². The van der Waals surface area contributed by atoms with Crippen molar-refractivity contribution in [3.05, 3.63) is 65.7 Å². The van der Waals surface area contributed by atoms with Crippen LogP contribution in [0, 0.1) is 11.2 Å². The zero-order valence-corrected chi connectivity index (χ0v) is 16.9. The molecule has 0 spiro atoms. The monoisotopic (exact) mass is 432 g/mol. The number of carbonyl (C=O) groups is 3. The van der Waals surface area contributed by atoms with E-state index in [9.17, 15) is 24.2 Å². The number of aryl methyl sites for hydroxylation is 1. The molecule has 3 rings (SSSR count). The van der Waals surface area contributed by atoms with Crippen molar-refractivity contribution in [2.24, 2.45) is 5.41 Å². The molecule has 3 N–H and O–H groups in total. The van der Waals surface area contributed by atoms with Crippen molar-refractivity contribution in [3.63, 3.8) is 0 Å². The fourth-order valence-electron chi connectivity index (χ4n) is 3.78. The van der Waals surface area contributed by atoms with Crippen LogP contribution in [0.2, 0.25) is 0 Å². The lowest BCUT2D eigenvalue weighted by molar-refractivity contribution is -0.163. The number of carbonyl (C=O) groups excluding carboxylic acids is 1. The summed E-state index contributed by atoms with van der Waals surface area (Å²) in [7, 11) is 0. The Labute approximate surface area is 179 Å². The van der Waals surface area contributed by atoms with Crippen LogP contribution in [-0.4, -0.2) is 62.7 Å². The van der Waals surface area contributed by atoms with Gasteiger partial charge in [-0.25, -0.2) is 4.39 Å². The van der Waals surface area contributed by atoms with Crippen LogP contribution >= 0.6 is 0 Å². The van der Waals surface area contributed by atoms with Crippen molar-refractivity contribution in [1.29, 1.82) is 0 Å². The molecule has 0 radical (unpaired) electrons. The molecule has 31 heavy (non-hydrogen) atoms. The van der Waals surface area contributed by atoms with Gasteiger partial charge < -0.3 is 20.2 Å². The van der Waals surface area contributed by atoms with Gasteiger partial charge in [0.1, 0.15) is 11.2 Å². The Bertz CT molecular complexity index is 895. The highest BCUT2D eigenvalue weighted by Crippen LogP contribution is 2.36. The number of carboxylic acids is 1. The largest absolute Gasteiger partial charge is 0.483 e. The molecule has 1 amide bonds. The molecule has 8 nitrogen and oxygen atoms in total. The van der Waals surface area contributed by atoms with Crippen molar-refractivity contribution in [2.45, 2.75) is 31.8 Å². The number of nitrogens with zero attached hydrogens (tertiary/aromatic N) is 2. The fraction of sp³-hybridized carbons (Fsp3) is 0.364. The molecule has 1 aromatic heterocycles. The molecule has 1 aliphatic heterocycles. The number of rotatable bonds is 6. The van der Waals surface area contributed by atoms with Gasteiger partial charge >= 0.3 is 5.97 Å². The normalized spacial score (nSPS) is 20.3. The summed E-state index contributed by atoms with van der Waals surface area (Å²) in [6.45, 7) is -0.155. The number of aliphatic hydroxyl groups excluding tert-OH is 1. The van der Waals surface area contributed by atoms with Crippen molar-refractivity contribution < 1.29 is 34.1 Å². The summed E-state index contributed by atoms with van der Waals surface area (Å²) in [5.74, 6) is -2.23. The number of carboxylic acid groups (broad SMARTS) is 2. The summed E-state index contributed by atoms with van der Waals surface area (Å²) < 4.78 is 13.4. The van der Waals surface area contributed by atoms with Crippen LogP contribution < -0.4 is 0 Å². The molecule has 2 atom stereocenters. The van der Waals surface area contributed by atoms with Crippen LogP contribution in [-0.2, 0) is 16.0 Å². The van der Waals surface area contributed by atoms with E-state index in [4.69, 9.17) is 9.90 Å². The molecule has 1 aromatic carbocycles. The van der Waals surface area contributed by atoms with E-state index in [1.165, 1.54) is 11.1 Å². The van der Waals surface area contributed by atoms with Crippen molar-refractivity contribution in [1.82, 2.24) is 9.88 Å². The summed E-state index contributed by atoms with van der Waals surface area (Å²) >= 11 is 0. The van der Waals surface area contributed by atoms with Crippen LogP contribution in [0.25, 0.3) is 0 Å². The van der Waals surface area contributed by atoms with Gasteiger partial charge in [-0.2, -0.15) is 0 Å². The van der Waals surface area contributed by atoms with E-state index in [1.807, 2.05) is 30.3 Å². The predicted octanol–water partition coefficient (Wildman–Crippen LogP) is 2.22. The molecule has 0 aliphatic carbocycles. The first-order valence-electron chi connectivity index (χ1n) is 9.77. The Morgan fingerprint density at radius 2 is 1.94 bits per heavy atom. The van der Waals surface area contributed by atoms with Gasteiger partial charge in [0.05, 0.1) is 17.9 Å². The molecule has 2 heterocycles. The molecule has 1 saturated heterocycles. The first kappa shape index (κ1) is 23.9. The molecule has 0 saturated carbocycles. The van der Waals surface area contributed by atoms with Crippen molar-refractivity contribution in [2.75, 3.05) is 13.1 Å². The van der Waals surface area contributed by atoms with Crippen LogP contribution in [0.4, 0.5) is 4.39 Å². The maximum Gasteiger partial charge on any atom is 0.314 e. The topological polar surface area (TPSA) is 128 Å². The molecular weight excluding hydrogens is 407 g/mol. The average Bonchev–Trinajstić information content (AvgIpc) is 2.76. The molecular formula is C22H25FN2O6. The van der Waals surface area contributed by atoms with E-state index >= 15 is 0 Å². The van der Waals surface area contributed by atoms with Crippen LogP contribution in [0.3, 0.4) is 0 Å². The fourth-order valence-corrected chi connectivity index (χ4v) is 3.78. The summed E-state index contributed by atoms with van der Waals surface area (Å²) in [6, 6.07) is 10.8. The van der Waals surface area contributed by atoms with Gasteiger partial charge in [0.25, 0.3) is 12.4 Å². The van der Waals surface area contributed by atoms with Crippen LogP contribution in [0.15, 0.2) is 48.8 Å². The maximum atomic E-state index is 13.4. The molecule has 0 bridgehead atoms. The van der Waals surface area contributed by atoms with E-state index < -0.39 is 29.2 Å². The molecule has 1 aliphatic rings. The third-order valence-corrected chi connectivity index (χ3v) is 5.38. The van der Waals surface area contributed by atoms with Gasteiger partial charge in [-0.1, -0.05) is 30.3 Å². The Morgan fingerprint density at radius 3 is 2.55 bits per heavy atom. The van der Waals surface area contributed by atoms with E-state index in [-0.39, 0.29) is 38.0 Å². The average molecular weight is 432 g/mol. The van der Waals surface area contributed by atoms with Gasteiger partial charge in [-0.3, -0.25) is 19.4 Å². The number of halogens is 1. The van der Waals surface area contributed by atoms with Gasteiger partial charge in [0.15, 0.2) is 0 Å². The second kappa shape index (κ2) is 11.2. The smallest absolute Gasteiger partial charge is 0.314 e. The van der Waals surface area contributed by atoms with Crippen LogP contribution in [0.1, 0.15) is 35.2 Å². The first-order valence-corrected chi connectivity index (χ1v) is 9.77. The summed E-state index contributed by atoms with van der Waals surface area (Å²) in [5, 5.41) is 27.3. The number of piperidine rings is 1. The number of aliphatic hydroxyl groups is 1. The number of benzene rings is 1. The second-order valence-corrected chi connectivity index (χ2v) is 7.33. The van der Waals surface area contributed by atoms with Gasteiger partial charge in [0, 0.05) is 19.3 Å².